The lowest BCUT2D eigenvalue weighted by molar-refractivity contribution is -0.117. The minimum atomic E-state index is -0.147. The second-order valence-corrected chi connectivity index (χ2v) is 6.25. The molecule has 0 unspecified atom stereocenters. The first kappa shape index (κ1) is 14.3. The quantitative estimate of drug-likeness (QED) is 0.759. The number of halogens is 2. The molecule has 106 valence electrons. The van der Waals surface area contributed by atoms with Crippen LogP contribution in [0.4, 0.5) is 5.69 Å². The SMILES string of the molecule is CN1C(=O)Cc2cc(C(=O)c3cc(Br)ccc3Cl)ccc21. The number of hydrogen-bond acceptors (Lipinski definition) is 2. The summed E-state index contributed by atoms with van der Waals surface area (Å²) >= 11 is 9.44. The van der Waals surface area contributed by atoms with E-state index in [9.17, 15) is 9.59 Å². The topological polar surface area (TPSA) is 37.4 Å². The minimum Gasteiger partial charge on any atom is -0.315 e. The summed E-state index contributed by atoms with van der Waals surface area (Å²) in [7, 11) is 1.74. The van der Waals surface area contributed by atoms with Gasteiger partial charge in [0.05, 0.1) is 11.4 Å². The first-order valence-electron chi connectivity index (χ1n) is 6.36. The van der Waals surface area contributed by atoms with Gasteiger partial charge in [0.2, 0.25) is 5.91 Å². The fourth-order valence-corrected chi connectivity index (χ4v) is 3.00. The molecule has 1 aliphatic rings. The number of fused-ring (bicyclic) bond motifs is 1. The number of likely N-dealkylation sites (N-methyl/N-ethyl adjacent to an activating group) is 1. The standard InChI is InChI=1S/C16H11BrClNO2/c1-19-14-5-2-9(6-10(14)7-15(19)20)16(21)12-8-11(17)3-4-13(12)18/h2-6,8H,7H2,1H3. The molecule has 3 rings (SSSR count). The summed E-state index contributed by atoms with van der Waals surface area (Å²) in [5.74, 6) is -0.110. The van der Waals surface area contributed by atoms with Gasteiger partial charge < -0.3 is 4.90 Å². The van der Waals surface area contributed by atoms with Crippen molar-refractivity contribution in [3.8, 4) is 0 Å². The van der Waals surface area contributed by atoms with Crippen LogP contribution in [0.2, 0.25) is 5.02 Å². The minimum absolute atomic E-state index is 0.0371. The predicted octanol–water partition coefficient (Wildman–Crippen LogP) is 3.85. The van der Waals surface area contributed by atoms with Crippen LogP contribution in [0.5, 0.6) is 0 Å². The van der Waals surface area contributed by atoms with Crippen LogP contribution in [0.1, 0.15) is 21.5 Å². The van der Waals surface area contributed by atoms with E-state index in [-0.39, 0.29) is 11.7 Å². The van der Waals surface area contributed by atoms with Gasteiger partial charge in [0.25, 0.3) is 0 Å². The highest BCUT2D eigenvalue weighted by Crippen LogP contribution is 2.30. The predicted molar refractivity (Wildman–Crippen MR) is 86.1 cm³/mol. The number of hydrogen-bond donors (Lipinski definition) is 0. The van der Waals surface area contributed by atoms with Crippen molar-refractivity contribution in [2.75, 3.05) is 11.9 Å². The normalized spacial score (nSPS) is 13.5. The molecule has 1 aliphatic heterocycles. The zero-order valence-corrected chi connectivity index (χ0v) is 13.5. The lowest BCUT2D eigenvalue weighted by atomic mass is 10.00. The highest BCUT2D eigenvalue weighted by Gasteiger charge is 2.25. The Labute approximate surface area is 135 Å². The number of carbonyl (C=O) groups is 2. The lowest BCUT2D eigenvalue weighted by Crippen LogP contribution is -2.20. The Hall–Kier alpha value is -1.65. The molecular weight excluding hydrogens is 354 g/mol. The third-order valence-corrected chi connectivity index (χ3v) is 4.41. The Morgan fingerprint density at radius 1 is 1.24 bits per heavy atom. The van der Waals surface area contributed by atoms with Crippen LogP contribution in [0.3, 0.4) is 0 Å². The largest absolute Gasteiger partial charge is 0.315 e. The molecule has 0 saturated heterocycles. The van der Waals surface area contributed by atoms with Crippen molar-refractivity contribution >= 4 is 44.9 Å². The molecule has 2 aromatic rings. The van der Waals surface area contributed by atoms with E-state index >= 15 is 0 Å². The molecule has 0 fully saturated rings. The molecule has 0 radical (unpaired) electrons. The first-order valence-corrected chi connectivity index (χ1v) is 7.53. The zero-order valence-electron chi connectivity index (χ0n) is 11.2. The molecule has 0 aliphatic carbocycles. The zero-order chi connectivity index (χ0) is 15.1. The Kier molecular flexibility index (Phi) is 3.59. The average Bonchev–Trinajstić information content (AvgIpc) is 2.75. The van der Waals surface area contributed by atoms with Crippen LogP contribution in [-0.4, -0.2) is 18.7 Å². The molecule has 0 spiro atoms. The van der Waals surface area contributed by atoms with Crippen molar-refractivity contribution in [2.45, 2.75) is 6.42 Å². The Balaban J connectivity index is 2.02. The Bertz CT molecular complexity index is 773. The third-order valence-electron chi connectivity index (χ3n) is 3.59. The van der Waals surface area contributed by atoms with E-state index in [1.807, 2.05) is 0 Å². The summed E-state index contributed by atoms with van der Waals surface area (Å²) in [4.78, 5) is 25.9. The molecule has 0 aromatic heterocycles. The fourth-order valence-electron chi connectivity index (χ4n) is 2.44. The molecule has 5 heteroatoms. The van der Waals surface area contributed by atoms with E-state index in [4.69, 9.17) is 11.6 Å². The van der Waals surface area contributed by atoms with Gasteiger partial charge in [-0.15, -0.1) is 0 Å². The fraction of sp³-hybridized carbons (Fsp3) is 0.125. The van der Waals surface area contributed by atoms with Crippen LogP contribution in [0, 0.1) is 0 Å². The van der Waals surface area contributed by atoms with E-state index in [0.29, 0.717) is 22.6 Å². The number of benzene rings is 2. The van der Waals surface area contributed by atoms with Crippen LogP contribution in [0.15, 0.2) is 40.9 Å². The van der Waals surface area contributed by atoms with Crippen LogP contribution < -0.4 is 4.90 Å². The molecule has 1 amide bonds. The van der Waals surface area contributed by atoms with E-state index in [1.54, 1.807) is 48.3 Å². The number of rotatable bonds is 2. The molecule has 0 bridgehead atoms. The van der Waals surface area contributed by atoms with Gasteiger partial charge in [-0.3, -0.25) is 9.59 Å². The van der Waals surface area contributed by atoms with Gasteiger partial charge in [-0.25, -0.2) is 0 Å². The van der Waals surface area contributed by atoms with Gasteiger partial charge in [0.15, 0.2) is 5.78 Å². The van der Waals surface area contributed by atoms with Crippen molar-refractivity contribution in [3.63, 3.8) is 0 Å². The van der Waals surface area contributed by atoms with Gasteiger partial charge >= 0.3 is 0 Å². The van der Waals surface area contributed by atoms with Crippen LogP contribution in [0.25, 0.3) is 0 Å². The summed E-state index contributed by atoms with van der Waals surface area (Å²) in [5, 5.41) is 0.414. The third kappa shape index (κ3) is 2.49. The monoisotopic (exact) mass is 363 g/mol. The molecule has 0 saturated carbocycles. The molecule has 3 nitrogen and oxygen atoms in total. The Morgan fingerprint density at radius 2 is 2.00 bits per heavy atom. The molecular formula is C16H11BrClNO2. The number of ketones is 1. The van der Waals surface area contributed by atoms with Crippen molar-refractivity contribution in [1.82, 2.24) is 0 Å². The molecule has 2 aromatic carbocycles. The number of anilines is 1. The molecule has 0 atom stereocenters. The number of amides is 1. The maximum absolute atomic E-state index is 12.6. The second-order valence-electron chi connectivity index (χ2n) is 4.93. The average molecular weight is 365 g/mol. The van der Waals surface area contributed by atoms with E-state index < -0.39 is 0 Å². The van der Waals surface area contributed by atoms with Gasteiger partial charge in [0.1, 0.15) is 0 Å². The number of carbonyl (C=O) groups excluding carboxylic acids is 2. The van der Waals surface area contributed by atoms with E-state index in [0.717, 1.165) is 15.7 Å². The maximum Gasteiger partial charge on any atom is 0.231 e. The summed E-state index contributed by atoms with van der Waals surface area (Å²) < 4.78 is 0.798. The summed E-state index contributed by atoms with van der Waals surface area (Å²) in [6.07, 6.45) is 0.333. The summed E-state index contributed by atoms with van der Waals surface area (Å²) in [6, 6.07) is 10.5. The first-order chi connectivity index (χ1) is 9.97. The van der Waals surface area contributed by atoms with E-state index in [2.05, 4.69) is 15.9 Å². The molecule has 0 N–H and O–H groups in total. The summed E-state index contributed by atoms with van der Waals surface area (Å²) in [5.41, 5.74) is 2.72. The second kappa shape index (κ2) is 5.28. The van der Waals surface area contributed by atoms with Crippen molar-refractivity contribution in [1.29, 1.82) is 0 Å². The molecule has 1 heterocycles. The highest BCUT2D eigenvalue weighted by atomic mass is 79.9. The van der Waals surface area contributed by atoms with E-state index in [1.165, 1.54) is 0 Å². The highest BCUT2D eigenvalue weighted by molar-refractivity contribution is 9.10. The lowest BCUT2D eigenvalue weighted by Gasteiger charge is -2.10. The maximum atomic E-state index is 12.6. The Morgan fingerprint density at radius 3 is 2.76 bits per heavy atom. The van der Waals surface area contributed by atoms with Crippen LogP contribution in [-0.2, 0) is 11.2 Å². The summed E-state index contributed by atoms with van der Waals surface area (Å²) in [6.45, 7) is 0. The van der Waals surface area contributed by atoms with Crippen LogP contribution >= 0.6 is 27.5 Å². The van der Waals surface area contributed by atoms with Crippen molar-refractivity contribution in [3.05, 3.63) is 62.6 Å². The molecule has 21 heavy (non-hydrogen) atoms. The van der Waals surface area contributed by atoms with Crippen molar-refractivity contribution < 1.29 is 9.59 Å². The number of nitrogens with zero attached hydrogens (tertiary/aromatic N) is 1. The van der Waals surface area contributed by atoms with Gasteiger partial charge in [-0.05, 0) is 42.0 Å². The van der Waals surface area contributed by atoms with Gasteiger partial charge in [-0.1, -0.05) is 27.5 Å². The smallest absolute Gasteiger partial charge is 0.231 e. The van der Waals surface area contributed by atoms with Crippen molar-refractivity contribution in [2.24, 2.45) is 0 Å². The van der Waals surface area contributed by atoms with Gasteiger partial charge in [-0.2, -0.15) is 0 Å². The van der Waals surface area contributed by atoms with Gasteiger partial charge in [0, 0.05) is 28.3 Å².